The van der Waals surface area contributed by atoms with Gasteiger partial charge in [-0.2, -0.15) is 11.8 Å². The van der Waals surface area contributed by atoms with Crippen molar-refractivity contribution in [2.45, 2.75) is 52.1 Å². The van der Waals surface area contributed by atoms with E-state index in [9.17, 15) is 4.79 Å². The summed E-state index contributed by atoms with van der Waals surface area (Å²) in [4.78, 5) is 24.3. The van der Waals surface area contributed by atoms with Gasteiger partial charge in [0, 0.05) is 55.0 Å². The highest BCUT2D eigenvalue weighted by Gasteiger charge is 2.30. The van der Waals surface area contributed by atoms with Crippen LogP contribution in [-0.4, -0.2) is 63.3 Å². The summed E-state index contributed by atoms with van der Waals surface area (Å²) in [6.07, 6.45) is 6.01. The molecule has 0 bridgehead atoms. The maximum Gasteiger partial charge on any atom is 0.225 e. The molecule has 0 radical (unpaired) electrons. The molecule has 1 aliphatic heterocycles. The van der Waals surface area contributed by atoms with Crippen LogP contribution in [-0.2, 0) is 11.3 Å². The molecule has 32 heavy (non-hydrogen) atoms. The molecule has 1 saturated carbocycles. The van der Waals surface area contributed by atoms with E-state index < -0.39 is 0 Å². The van der Waals surface area contributed by atoms with E-state index in [0.29, 0.717) is 18.5 Å². The van der Waals surface area contributed by atoms with E-state index >= 15 is 0 Å². The molecule has 1 saturated heterocycles. The van der Waals surface area contributed by atoms with Crippen molar-refractivity contribution in [3.8, 4) is 0 Å². The van der Waals surface area contributed by atoms with Crippen molar-refractivity contribution in [1.82, 2.24) is 24.9 Å². The molecule has 0 spiro atoms. The third-order valence-corrected chi connectivity index (χ3v) is 7.17. The number of hydrogen-bond donors (Lipinski definition) is 2. The van der Waals surface area contributed by atoms with Gasteiger partial charge in [-0.15, -0.1) is 24.0 Å². The van der Waals surface area contributed by atoms with Crippen LogP contribution in [0.3, 0.4) is 0 Å². The Kier molecular flexibility index (Phi) is 9.51. The number of carbonyl (C=O) groups is 1. The Hall–Kier alpha value is -1.49. The summed E-state index contributed by atoms with van der Waals surface area (Å²) in [5.41, 5.74) is 3.08. The minimum absolute atomic E-state index is 0. The number of halogens is 1. The van der Waals surface area contributed by atoms with Gasteiger partial charge in [-0.05, 0) is 51.7 Å². The van der Waals surface area contributed by atoms with Crippen LogP contribution in [0.4, 0.5) is 0 Å². The van der Waals surface area contributed by atoms with Crippen molar-refractivity contribution in [3.05, 3.63) is 35.8 Å². The lowest BCUT2D eigenvalue weighted by Crippen LogP contribution is -2.47. The molecule has 0 aromatic carbocycles. The minimum atomic E-state index is 0. The van der Waals surface area contributed by atoms with Gasteiger partial charge in [0.1, 0.15) is 5.65 Å². The largest absolute Gasteiger partial charge is 0.357 e. The number of pyridine rings is 1. The van der Waals surface area contributed by atoms with Crippen LogP contribution in [0.15, 0.2) is 29.4 Å². The summed E-state index contributed by atoms with van der Waals surface area (Å²) in [5.74, 6) is 3.57. The molecular formula is C23H35IN6OS. The van der Waals surface area contributed by atoms with Crippen molar-refractivity contribution >= 4 is 53.3 Å². The highest BCUT2D eigenvalue weighted by Crippen LogP contribution is 2.27. The average molecular weight is 571 g/mol. The van der Waals surface area contributed by atoms with Crippen LogP contribution in [0.1, 0.15) is 44.0 Å². The number of guanidine groups is 1. The van der Waals surface area contributed by atoms with Crippen molar-refractivity contribution in [1.29, 1.82) is 0 Å². The zero-order valence-electron chi connectivity index (χ0n) is 19.0. The summed E-state index contributed by atoms with van der Waals surface area (Å²) < 4.78 is 2.10. The van der Waals surface area contributed by atoms with E-state index in [-0.39, 0.29) is 29.9 Å². The highest BCUT2D eigenvalue weighted by molar-refractivity contribution is 14.0. The molecule has 1 aliphatic carbocycles. The Labute approximate surface area is 212 Å². The van der Waals surface area contributed by atoms with Crippen LogP contribution >= 0.6 is 35.7 Å². The first-order valence-electron chi connectivity index (χ1n) is 11.5. The minimum Gasteiger partial charge on any atom is -0.357 e. The molecule has 4 rings (SSSR count). The zero-order chi connectivity index (χ0) is 21.6. The third-order valence-electron chi connectivity index (χ3n) is 6.23. The van der Waals surface area contributed by atoms with E-state index in [0.717, 1.165) is 74.1 Å². The summed E-state index contributed by atoms with van der Waals surface area (Å²) in [5, 5.41) is 6.95. The third kappa shape index (κ3) is 6.30. The number of aryl methyl sites for hydroxylation is 1. The number of thioether (sulfide) groups is 1. The maximum atomic E-state index is 12.8. The lowest BCUT2D eigenvalue weighted by atomic mass is 9.85. The molecular weight excluding hydrogens is 535 g/mol. The summed E-state index contributed by atoms with van der Waals surface area (Å²) in [6, 6.07) is 6.49. The monoisotopic (exact) mass is 570 g/mol. The van der Waals surface area contributed by atoms with E-state index in [1.54, 1.807) is 0 Å². The smallest absolute Gasteiger partial charge is 0.225 e. The first-order valence-corrected chi connectivity index (χ1v) is 12.6. The Morgan fingerprint density at radius 1 is 1.22 bits per heavy atom. The molecule has 9 heteroatoms. The Morgan fingerprint density at radius 2 is 1.97 bits per heavy atom. The Balaban J connectivity index is 0.00000289. The number of nitrogens with zero attached hydrogens (tertiary/aromatic N) is 4. The molecule has 1 amide bonds. The molecule has 2 aromatic rings. The molecule has 3 heterocycles. The standard InChI is InChI=1S/C23H34N6OS.HI/c1-3-24-23(25-15-20-16-29-17(2)5-4-6-21(29)26-20)27-19-9-7-18(8-10-19)22(30)28-11-13-31-14-12-28;/h4-6,16,18-19H,3,7-15H2,1-2H3,(H2,24,25,27);1H. The van der Waals surface area contributed by atoms with E-state index in [1.165, 1.54) is 5.69 Å². The molecule has 2 aliphatic rings. The maximum absolute atomic E-state index is 12.8. The predicted octanol–water partition coefficient (Wildman–Crippen LogP) is 3.45. The van der Waals surface area contributed by atoms with Gasteiger partial charge < -0.3 is 19.9 Å². The second-order valence-corrected chi connectivity index (χ2v) is 9.68. The van der Waals surface area contributed by atoms with Gasteiger partial charge in [-0.1, -0.05) is 6.07 Å². The zero-order valence-corrected chi connectivity index (χ0v) is 22.2. The topological polar surface area (TPSA) is 74.0 Å². The number of amides is 1. The van der Waals surface area contributed by atoms with E-state index in [2.05, 4.69) is 51.0 Å². The van der Waals surface area contributed by atoms with Crippen LogP contribution in [0.5, 0.6) is 0 Å². The lowest BCUT2D eigenvalue weighted by Gasteiger charge is -2.34. The number of fused-ring (bicyclic) bond motifs is 1. The summed E-state index contributed by atoms with van der Waals surface area (Å²) in [6.45, 7) is 7.35. The van der Waals surface area contributed by atoms with Crippen molar-refractivity contribution in [2.75, 3.05) is 31.1 Å². The van der Waals surface area contributed by atoms with Crippen molar-refractivity contribution in [2.24, 2.45) is 10.9 Å². The molecule has 0 unspecified atom stereocenters. The van der Waals surface area contributed by atoms with Crippen LogP contribution < -0.4 is 10.6 Å². The van der Waals surface area contributed by atoms with Gasteiger partial charge in [-0.25, -0.2) is 9.98 Å². The normalized spacial score (nSPS) is 21.8. The summed E-state index contributed by atoms with van der Waals surface area (Å²) >= 11 is 1.95. The molecule has 0 atom stereocenters. The van der Waals surface area contributed by atoms with Gasteiger partial charge >= 0.3 is 0 Å². The number of aromatic nitrogens is 2. The fourth-order valence-electron chi connectivity index (χ4n) is 4.48. The van der Waals surface area contributed by atoms with E-state index in [4.69, 9.17) is 4.99 Å². The summed E-state index contributed by atoms with van der Waals surface area (Å²) in [7, 11) is 0. The molecule has 2 fully saturated rings. The van der Waals surface area contributed by atoms with Crippen molar-refractivity contribution < 1.29 is 4.79 Å². The van der Waals surface area contributed by atoms with Crippen LogP contribution in [0.25, 0.3) is 5.65 Å². The van der Waals surface area contributed by atoms with Crippen molar-refractivity contribution in [3.63, 3.8) is 0 Å². The van der Waals surface area contributed by atoms with Crippen LogP contribution in [0, 0.1) is 12.8 Å². The second-order valence-electron chi connectivity index (χ2n) is 8.45. The quantitative estimate of drug-likeness (QED) is 0.328. The first kappa shape index (κ1) is 25.1. The SMILES string of the molecule is CCNC(=NCc1cn2c(C)cccc2n1)NC1CCC(C(=O)N2CCSCC2)CC1.I. The van der Waals surface area contributed by atoms with Gasteiger partial charge in [0.15, 0.2) is 5.96 Å². The van der Waals surface area contributed by atoms with E-state index in [1.807, 2.05) is 23.9 Å². The second kappa shape index (κ2) is 12.1. The molecule has 2 N–H and O–H groups in total. The Bertz CT molecular complexity index is 918. The number of nitrogens with one attached hydrogen (secondary N) is 2. The van der Waals surface area contributed by atoms with Gasteiger partial charge in [0.25, 0.3) is 0 Å². The number of rotatable bonds is 5. The molecule has 7 nitrogen and oxygen atoms in total. The average Bonchev–Trinajstić information content (AvgIpc) is 3.23. The molecule has 176 valence electrons. The highest BCUT2D eigenvalue weighted by atomic mass is 127. The first-order chi connectivity index (χ1) is 15.1. The fourth-order valence-corrected chi connectivity index (χ4v) is 5.38. The number of imidazole rings is 1. The van der Waals surface area contributed by atoms with Gasteiger partial charge in [-0.3, -0.25) is 4.79 Å². The lowest BCUT2D eigenvalue weighted by molar-refractivity contribution is -0.136. The number of aliphatic imine (C=N–C) groups is 1. The fraction of sp³-hybridized carbons (Fsp3) is 0.609. The molecule has 2 aromatic heterocycles. The van der Waals surface area contributed by atoms with Gasteiger partial charge in [0.05, 0.1) is 12.2 Å². The van der Waals surface area contributed by atoms with Gasteiger partial charge in [0.2, 0.25) is 5.91 Å². The van der Waals surface area contributed by atoms with Crippen LogP contribution in [0.2, 0.25) is 0 Å². The number of hydrogen-bond acceptors (Lipinski definition) is 4. The number of carbonyl (C=O) groups excluding carboxylic acids is 1. The Morgan fingerprint density at radius 3 is 2.66 bits per heavy atom. The predicted molar refractivity (Wildman–Crippen MR) is 143 cm³/mol.